The number of amides is 3. The van der Waals surface area contributed by atoms with Gasteiger partial charge in [0.25, 0.3) is 5.91 Å². The molecule has 5 nitrogen and oxygen atoms in total. The van der Waals surface area contributed by atoms with Crippen LogP contribution in [0.4, 0.5) is 5.69 Å². The Labute approximate surface area is 121 Å². The summed E-state index contributed by atoms with van der Waals surface area (Å²) >= 11 is 5.80. The first-order chi connectivity index (χ1) is 9.59. The van der Waals surface area contributed by atoms with Crippen molar-refractivity contribution < 1.29 is 14.4 Å². The number of carbonyl (C=O) groups is 3. The predicted molar refractivity (Wildman–Crippen MR) is 73.3 cm³/mol. The molecule has 3 amide bonds. The van der Waals surface area contributed by atoms with E-state index in [1.54, 1.807) is 24.3 Å². The molecule has 0 aliphatic carbocycles. The van der Waals surface area contributed by atoms with Crippen molar-refractivity contribution in [2.75, 3.05) is 11.4 Å². The molecule has 3 rings (SSSR count). The van der Waals surface area contributed by atoms with E-state index in [0.29, 0.717) is 23.7 Å². The number of hydrogen-bond acceptors (Lipinski definition) is 3. The summed E-state index contributed by atoms with van der Waals surface area (Å²) in [6.07, 6.45) is 2.34. The number of benzene rings is 1. The summed E-state index contributed by atoms with van der Waals surface area (Å²) in [6, 6.07) is 5.82. The van der Waals surface area contributed by atoms with E-state index in [9.17, 15) is 14.4 Å². The maximum atomic E-state index is 12.5. The highest BCUT2D eigenvalue weighted by Crippen LogP contribution is 2.28. The Morgan fingerprint density at radius 3 is 2.40 bits per heavy atom. The molecule has 2 saturated heterocycles. The summed E-state index contributed by atoms with van der Waals surface area (Å²) in [7, 11) is 0. The molecule has 0 saturated carbocycles. The van der Waals surface area contributed by atoms with Crippen LogP contribution in [0.25, 0.3) is 0 Å². The first-order valence-electron chi connectivity index (χ1n) is 6.54. The second-order valence-corrected chi connectivity index (χ2v) is 5.40. The summed E-state index contributed by atoms with van der Waals surface area (Å²) in [5, 5.41) is 0.510. The fourth-order valence-electron chi connectivity index (χ4n) is 2.73. The molecule has 0 spiro atoms. The van der Waals surface area contributed by atoms with Crippen molar-refractivity contribution in [2.45, 2.75) is 25.3 Å². The lowest BCUT2D eigenvalue weighted by atomic mass is 9.97. The van der Waals surface area contributed by atoms with Crippen LogP contribution in [0.2, 0.25) is 5.02 Å². The molecule has 0 aromatic heterocycles. The van der Waals surface area contributed by atoms with Crippen LogP contribution in [0.3, 0.4) is 0 Å². The van der Waals surface area contributed by atoms with Gasteiger partial charge >= 0.3 is 11.8 Å². The molecule has 1 aromatic rings. The molecule has 6 heteroatoms. The van der Waals surface area contributed by atoms with Gasteiger partial charge in [-0.15, -0.1) is 0 Å². The topological polar surface area (TPSA) is 57.7 Å². The Bertz CT molecular complexity index is 585. The van der Waals surface area contributed by atoms with Gasteiger partial charge in [0.15, 0.2) is 0 Å². The van der Waals surface area contributed by atoms with E-state index < -0.39 is 17.9 Å². The van der Waals surface area contributed by atoms with E-state index in [0.717, 1.165) is 17.7 Å². The zero-order valence-corrected chi connectivity index (χ0v) is 11.5. The third kappa shape index (κ3) is 1.98. The Morgan fingerprint density at radius 2 is 1.70 bits per heavy atom. The van der Waals surface area contributed by atoms with Gasteiger partial charge in [0, 0.05) is 11.6 Å². The zero-order valence-electron chi connectivity index (χ0n) is 10.7. The number of rotatable bonds is 1. The van der Waals surface area contributed by atoms with E-state index >= 15 is 0 Å². The van der Waals surface area contributed by atoms with Crippen molar-refractivity contribution in [2.24, 2.45) is 0 Å². The van der Waals surface area contributed by atoms with Crippen LogP contribution >= 0.6 is 11.6 Å². The number of fused-ring (bicyclic) bond motifs is 1. The second-order valence-electron chi connectivity index (χ2n) is 4.97. The summed E-state index contributed by atoms with van der Waals surface area (Å²) in [5.74, 6) is -1.70. The minimum absolute atomic E-state index is 0.323. The van der Waals surface area contributed by atoms with Gasteiger partial charge in [-0.3, -0.25) is 14.4 Å². The largest absolute Gasteiger partial charge is 0.323 e. The van der Waals surface area contributed by atoms with Crippen molar-refractivity contribution in [3.8, 4) is 0 Å². The lowest BCUT2D eigenvalue weighted by Crippen LogP contribution is -2.64. The number of imide groups is 1. The zero-order chi connectivity index (χ0) is 14.3. The lowest BCUT2D eigenvalue weighted by Gasteiger charge is -2.41. The molecule has 20 heavy (non-hydrogen) atoms. The van der Waals surface area contributed by atoms with Crippen molar-refractivity contribution >= 4 is 35.0 Å². The molecule has 0 radical (unpaired) electrons. The summed E-state index contributed by atoms with van der Waals surface area (Å²) < 4.78 is 0. The van der Waals surface area contributed by atoms with Crippen molar-refractivity contribution in [3.05, 3.63) is 29.3 Å². The average Bonchev–Trinajstić information content (AvgIpc) is 2.47. The summed E-state index contributed by atoms with van der Waals surface area (Å²) in [6.45, 7) is 0.482. The maximum Gasteiger partial charge on any atom is 0.323 e. The van der Waals surface area contributed by atoms with Crippen LogP contribution in [0.5, 0.6) is 0 Å². The average molecular weight is 293 g/mol. The van der Waals surface area contributed by atoms with Gasteiger partial charge < -0.3 is 4.90 Å². The van der Waals surface area contributed by atoms with E-state index in [1.165, 1.54) is 4.90 Å². The van der Waals surface area contributed by atoms with E-state index in [4.69, 9.17) is 11.6 Å². The Balaban J connectivity index is 1.98. The van der Waals surface area contributed by atoms with Crippen molar-refractivity contribution in [1.82, 2.24) is 4.90 Å². The number of nitrogens with zero attached hydrogens (tertiary/aromatic N) is 2. The molecule has 1 atom stereocenters. The Morgan fingerprint density at radius 1 is 1.00 bits per heavy atom. The minimum atomic E-state index is -0.782. The van der Waals surface area contributed by atoms with Crippen molar-refractivity contribution in [1.29, 1.82) is 0 Å². The fraction of sp³-hybridized carbons (Fsp3) is 0.357. The third-order valence-corrected chi connectivity index (χ3v) is 3.99. The number of piperidine rings is 1. The Kier molecular flexibility index (Phi) is 3.22. The van der Waals surface area contributed by atoms with E-state index in [2.05, 4.69) is 0 Å². The number of anilines is 1. The van der Waals surface area contributed by atoms with Crippen LogP contribution in [-0.4, -0.2) is 35.2 Å². The highest BCUT2D eigenvalue weighted by atomic mass is 35.5. The third-order valence-electron chi connectivity index (χ3n) is 3.74. The van der Waals surface area contributed by atoms with Crippen molar-refractivity contribution in [3.63, 3.8) is 0 Å². The van der Waals surface area contributed by atoms with Crippen LogP contribution in [0.15, 0.2) is 24.3 Å². The van der Waals surface area contributed by atoms with Gasteiger partial charge in [-0.1, -0.05) is 11.6 Å². The minimum Gasteiger partial charge on any atom is -0.322 e. The first-order valence-corrected chi connectivity index (χ1v) is 6.92. The Hall–Kier alpha value is -1.88. The molecular weight excluding hydrogens is 280 g/mol. The highest BCUT2D eigenvalue weighted by Gasteiger charge is 2.46. The molecule has 104 valence electrons. The van der Waals surface area contributed by atoms with Gasteiger partial charge in [0.2, 0.25) is 0 Å². The van der Waals surface area contributed by atoms with Crippen LogP contribution in [0.1, 0.15) is 19.3 Å². The highest BCUT2D eigenvalue weighted by molar-refractivity contribution is 6.48. The molecular formula is C14H13ClN2O3. The molecule has 2 aliphatic heterocycles. The molecule has 2 aliphatic rings. The molecule has 2 fully saturated rings. The van der Waals surface area contributed by atoms with Gasteiger partial charge in [-0.05, 0) is 43.5 Å². The smallest absolute Gasteiger partial charge is 0.322 e. The lowest BCUT2D eigenvalue weighted by molar-refractivity contribution is -0.155. The van der Waals surface area contributed by atoms with E-state index in [-0.39, 0.29) is 5.91 Å². The normalized spacial score (nSPS) is 23.1. The van der Waals surface area contributed by atoms with Gasteiger partial charge in [0.05, 0.1) is 5.69 Å². The first kappa shape index (κ1) is 13.1. The quantitative estimate of drug-likeness (QED) is 0.583. The molecule has 2 heterocycles. The standard InChI is InChI=1S/C14H13ClN2O3/c15-9-4-6-10(7-5-9)17-12(18)11-3-1-2-8-16(11)13(19)14(17)20/h4-7,11H,1-3,8H2. The molecule has 1 unspecified atom stereocenters. The summed E-state index contributed by atoms with van der Waals surface area (Å²) in [5.41, 5.74) is 0.392. The van der Waals surface area contributed by atoms with Crippen LogP contribution < -0.4 is 4.90 Å². The van der Waals surface area contributed by atoms with Gasteiger partial charge in [-0.2, -0.15) is 0 Å². The van der Waals surface area contributed by atoms with Crippen LogP contribution in [-0.2, 0) is 14.4 Å². The SMILES string of the molecule is O=C1C(=O)N2CCCCC2C(=O)N1c1ccc(Cl)cc1. The van der Waals surface area contributed by atoms with Gasteiger partial charge in [-0.25, -0.2) is 4.90 Å². The number of piperazine rings is 1. The molecule has 0 N–H and O–H groups in total. The molecule has 0 bridgehead atoms. The summed E-state index contributed by atoms with van der Waals surface area (Å²) in [4.78, 5) is 39.1. The predicted octanol–water partition coefficient (Wildman–Crippen LogP) is 1.59. The van der Waals surface area contributed by atoms with Crippen LogP contribution in [0, 0.1) is 0 Å². The fourth-order valence-corrected chi connectivity index (χ4v) is 2.86. The monoisotopic (exact) mass is 292 g/mol. The number of halogens is 1. The molecule has 1 aromatic carbocycles. The maximum absolute atomic E-state index is 12.5. The van der Waals surface area contributed by atoms with E-state index in [1.807, 2.05) is 0 Å². The second kappa shape index (κ2) is 4.90. The number of carbonyl (C=O) groups excluding carboxylic acids is 3. The number of hydrogen-bond donors (Lipinski definition) is 0. The van der Waals surface area contributed by atoms with Gasteiger partial charge in [0.1, 0.15) is 6.04 Å².